The fourth-order valence-electron chi connectivity index (χ4n) is 3.01. The second-order valence-electron chi connectivity index (χ2n) is 6.47. The van der Waals surface area contributed by atoms with Crippen molar-refractivity contribution in [1.82, 2.24) is 0 Å². The lowest BCUT2D eigenvalue weighted by molar-refractivity contribution is -0.117. The number of carbonyl (C=O) groups is 2. The number of nitrogens with one attached hydrogen (secondary N) is 1. The Morgan fingerprint density at radius 3 is 2.43 bits per heavy atom. The van der Waals surface area contributed by atoms with Gasteiger partial charge in [-0.15, -0.1) is 0 Å². The molecule has 1 heterocycles. The third kappa shape index (κ3) is 4.63. The normalized spacial score (nSPS) is 14.2. The predicted octanol–water partition coefficient (Wildman–Crippen LogP) is 2.87. The Labute approximate surface area is 168 Å². The highest BCUT2D eigenvalue weighted by molar-refractivity contribution is 7.92. The molecule has 1 N–H and O–H groups in total. The van der Waals surface area contributed by atoms with Gasteiger partial charge >= 0.3 is 0 Å². The van der Waals surface area contributed by atoms with Crippen molar-refractivity contribution in [2.75, 3.05) is 33.9 Å². The minimum absolute atomic E-state index is 0.0836. The molecule has 148 valence electrons. The quantitative estimate of drug-likeness (QED) is 0.776. The lowest BCUT2D eigenvalue weighted by Gasteiger charge is -2.23. The van der Waals surface area contributed by atoms with Crippen LogP contribution in [0.3, 0.4) is 0 Å². The summed E-state index contributed by atoms with van der Waals surface area (Å²) >= 11 is 6.09. The monoisotopic (exact) mass is 421 g/mol. The van der Waals surface area contributed by atoms with Crippen LogP contribution in [0.4, 0.5) is 17.1 Å². The van der Waals surface area contributed by atoms with Crippen molar-refractivity contribution in [3.63, 3.8) is 0 Å². The zero-order valence-corrected chi connectivity index (χ0v) is 16.8. The van der Waals surface area contributed by atoms with Gasteiger partial charge in [0.15, 0.2) is 0 Å². The number of hydrogen-bond acceptors (Lipinski definition) is 4. The molecule has 1 saturated heterocycles. The molecule has 0 radical (unpaired) electrons. The number of hydrogen-bond donors (Lipinski definition) is 1. The SMILES string of the molecule is CS(=O)(=O)N(CC(=O)Nc1ccc(N2CCCC2=O)cc1)c1ccccc1Cl. The van der Waals surface area contributed by atoms with E-state index in [-0.39, 0.29) is 16.6 Å². The lowest BCUT2D eigenvalue weighted by atomic mass is 10.2. The minimum atomic E-state index is -3.71. The molecule has 0 saturated carbocycles. The van der Waals surface area contributed by atoms with E-state index >= 15 is 0 Å². The maximum atomic E-state index is 12.4. The molecule has 1 fully saturated rings. The van der Waals surface area contributed by atoms with Gasteiger partial charge in [-0.3, -0.25) is 13.9 Å². The van der Waals surface area contributed by atoms with Gasteiger partial charge in [-0.2, -0.15) is 0 Å². The molecule has 0 spiro atoms. The molecule has 2 aromatic carbocycles. The van der Waals surface area contributed by atoms with E-state index in [4.69, 9.17) is 11.6 Å². The van der Waals surface area contributed by atoms with Crippen molar-refractivity contribution < 1.29 is 18.0 Å². The summed E-state index contributed by atoms with van der Waals surface area (Å²) in [6.07, 6.45) is 2.40. The van der Waals surface area contributed by atoms with Gasteiger partial charge in [0.05, 0.1) is 17.0 Å². The third-order valence-corrected chi connectivity index (χ3v) is 5.79. The van der Waals surface area contributed by atoms with Crippen molar-refractivity contribution in [2.24, 2.45) is 0 Å². The van der Waals surface area contributed by atoms with Gasteiger partial charge in [-0.05, 0) is 42.8 Å². The summed E-state index contributed by atoms with van der Waals surface area (Å²) in [6, 6.07) is 13.3. The van der Waals surface area contributed by atoms with Gasteiger partial charge in [0.1, 0.15) is 6.54 Å². The summed E-state index contributed by atoms with van der Waals surface area (Å²) in [6.45, 7) is 0.278. The summed E-state index contributed by atoms with van der Waals surface area (Å²) < 4.78 is 25.2. The fourth-order valence-corrected chi connectivity index (χ4v) is 4.17. The van der Waals surface area contributed by atoms with Crippen molar-refractivity contribution >= 4 is 50.5 Å². The molecule has 2 amide bonds. The predicted molar refractivity (Wildman–Crippen MR) is 110 cm³/mol. The molecule has 1 aliphatic rings. The summed E-state index contributed by atoms with van der Waals surface area (Å²) in [5, 5.41) is 2.91. The van der Waals surface area contributed by atoms with Crippen molar-refractivity contribution in [3.05, 3.63) is 53.6 Å². The first-order valence-corrected chi connectivity index (χ1v) is 10.9. The lowest BCUT2D eigenvalue weighted by Crippen LogP contribution is -2.37. The number of carbonyl (C=O) groups excluding carboxylic acids is 2. The van der Waals surface area contributed by atoms with E-state index in [0.29, 0.717) is 18.7 Å². The van der Waals surface area contributed by atoms with Crippen LogP contribution < -0.4 is 14.5 Å². The largest absolute Gasteiger partial charge is 0.325 e. The van der Waals surface area contributed by atoms with Gasteiger partial charge in [0, 0.05) is 24.3 Å². The highest BCUT2D eigenvalue weighted by Gasteiger charge is 2.23. The van der Waals surface area contributed by atoms with E-state index in [1.165, 1.54) is 0 Å². The summed E-state index contributed by atoms with van der Waals surface area (Å²) in [5.41, 5.74) is 1.52. The van der Waals surface area contributed by atoms with Gasteiger partial charge in [0.25, 0.3) is 0 Å². The Morgan fingerprint density at radius 2 is 1.86 bits per heavy atom. The number of nitrogens with zero attached hydrogens (tertiary/aromatic N) is 2. The molecule has 7 nitrogen and oxygen atoms in total. The molecule has 28 heavy (non-hydrogen) atoms. The Balaban J connectivity index is 1.71. The van der Waals surface area contributed by atoms with Crippen LogP contribution in [0.25, 0.3) is 0 Å². The highest BCUT2D eigenvalue weighted by atomic mass is 35.5. The van der Waals surface area contributed by atoms with E-state index in [2.05, 4.69) is 5.32 Å². The summed E-state index contributed by atoms with van der Waals surface area (Å²) in [4.78, 5) is 25.9. The van der Waals surface area contributed by atoms with Crippen molar-refractivity contribution in [2.45, 2.75) is 12.8 Å². The van der Waals surface area contributed by atoms with Gasteiger partial charge in [0.2, 0.25) is 21.8 Å². The van der Waals surface area contributed by atoms with E-state index in [1.807, 2.05) is 0 Å². The van der Waals surface area contributed by atoms with Crippen LogP contribution in [0, 0.1) is 0 Å². The van der Waals surface area contributed by atoms with Crippen LogP contribution in [0.5, 0.6) is 0 Å². The molecule has 0 bridgehead atoms. The topological polar surface area (TPSA) is 86.8 Å². The molecule has 1 aliphatic heterocycles. The Hall–Kier alpha value is -2.58. The average Bonchev–Trinajstić information content (AvgIpc) is 3.06. The van der Waals surface area contributed by atoms with Crippen LogP contribution in [0.15, 0.2) is 48.5 Å². The maximum Gasteiger partial charge on any atom is 0.245 e. The van der Waals surface area contributed by atoms with E-state index in [1.54, 1.807) is 53.4 Å². The first-order valence-electron chi connectivity index (χ1n) is 8.68. The number of anilines is 3. The number of rotatable bonds is 6. The zero-order chi connectivity index (χ0) is 20.3. The molecule has 0 aromatic heterocycles. The Kier molecular flexibility index (Phi) is 5.90. The second kappa shape index (κ2) is 8.20. The average molecular weight is 422 g/mol. The number of benzene rings is 2. The standard InChI is InChI=1S/C19H20ClN3O4S/c1-28(26,27)23(17-6-3-2-5-16(17)20)13-18(24)21-14-8-10-15(11-9-14)22-12-4-7-19(22)25/h2-3,5-6,8-11H,4,7,12-13H2,1H3,(H,21,24). The minimum Gasteiger partial charge on any atom is -0.325 e. The van der Waals surface area contributed by atoms with Crippen LogP contribution >= 0.6 is 11.6 Å². The Bertz CT molecular complexity index is 992. The zero-order valence-electron chi connectivity index (χ0n) is 15.3. The number of sulfonamides is 1. The molecule has 9 heteroatoms. The third-order valence-electron chi connectivity index (χ3n) is 4.34. The van der Waals surface area contributed by atoms with Gasteiger partial charge in [-0.25, -0.2) is 8.42 Å². The van der Waals surface area contributed by atoms with Gasteiger partial charge in [-0.1, -0.05) is 23.7 Å². The molecule has 3 rings (SSSR count). The van der Waals surface area contributed by atoms with Crippen LogP contribution in [-0.2, 0) is 19.6 Å². The van der Waals surface area contributed by atoms with Crippen LogP contribution in [0.1, 0.15) is 12.8 Å². The highest BCUT2D eigenvalue weighted by Crippen LogP contribution is 2.27. The molecule has 2 aromatic rings. The summed E-state index contributed by atoms with van der Waals surface area (Å²) in [5.74, 6) is -0.421. The van der Waals surface area contributed by atoms with Crippen LogP contribution in [0.2, 0.25) is 5.02 Å². The Morgan fingerprint density at radius 1 is 1.18 bits per heavy atom. The molecule has 0 aliphatic carbocycles. The number of halogens is 1. The molecule has 0 atom stereocenters. The van der Waals surface area contributed by atoms with Crippen molar-refractivity contribution in [3.8, 4) is 0 Å². The van der Waals surface area contributed by atoms with Crippen LogP contribution in [-0.4, -0.2) is 39.6 Å². The summed E-state index contributed by atoms with van der Waals surface area (Å²) in [7, 11) is -3.71. The smallest absolute Gasteiger partial charge is 0.245 e. The number of amides is 2. The van der Waals surface area contributed by atoms with E-state index < -0.39 is 22.5 Å². The van der Waals surface area contributed by atoms with Crippen molar-refractivity contribution in [1.29, 1.82) is 0 Å². The fraction of sp³-hybridized carbons (Fsp3) is 0.263. The molecule has 0 unspecified atom stereocenters. The second-order valence-corrected chi connectivity index (χ2v) is 8.78. The molecular weight excluding hydrogens is 402 g/mol. The first-order chi connectivity index (χ1) is 13.3. The van der Waals surface area contributed by atoms with E-state index in [9.17, 15) is 18.0 Å². The van der Waals surface area contributed by atoms with E-state index in [0.717, 1.165) is 22.7 Å². The maximum absolute atomic E-state index is 12.4. The molecular formula is C19H20ClN3O4S. The van der Waals surface area contributed by atoms with Gasteiger partial charge < -0.3 is 10.2 Å². The first kappa shape index (κ1) is 20.2. The number of para-hydroxylation sites is 1.